The third-order valence-corrected chi connectivity index (χ3v) is 3.99. The molecule has 1 aromatic heterocycles. The summed E-state index contributed by atoms with van der Waals surface area (Å²) in [5, 5.41) is 2.96. The highest BCUT2D eigenvalue weighted by molar-refractivity contribution is 5.80. The standard InChI is InChI=1S/C17H25N3O2/c1-13(2)10-16(21)20-8-5-15(6-9-20)17(22)19-12-14-4-3-7-18-11-14/h3-4,7,11,13,15H,5-6,8-10,12H2,1-2H3,(H,19,22). The van der Waals surface area contributed by atoms with Crippen LogP contribution in [0.4, 0.5) is 0 Å². The summed E-state index contributed by atoms with van der Waals surface area (Å²) in [5.74, 6) is 0.691. The number of nitrogens with one attached hydrogen (secondary N) is 1. The van der Waals surface area contributed by atoms with Crippen molar-refractivity contribution in [3.05, 3.63) is 30.1 Å². The Labute approximate surface area is 132 Å². The van der Waals surface area contributed by atoms with Crippen molar-refractivity contribution in [1.29, 1.82) is 0 Å². The molecule has 1 aromatic rings. The molecular formula is C17H25N3O2. The molecule has 1 N–H and O–H groups in total. The zero-order valence-electron chi connectivity index (χ0n) is 13.4. The van der Waals surface area contributed by atoms with Crippen LogP contribution in [0.1, 0.15) is 38.7 Å². The Kier molecular flexibility index (Phi) is 5.92. The third kappa shape index (κ3) is 4.83. The highest BCUT2D eigenvalue weighted by Crippen LogP contribution is 2.19. The van der Waals surface area contributed by atoms with Crippen molar-refractivity contribution in [2.75, 3.05) is 13.1 Å². The second-order valence-electron chi connectivity index (χ2n) is 6.33. The van der Waals surface area contributed by atoms with Crippen molar-refractivity contribution in [3.8, 4) is 0 Å². The SMILES string of the molecule is CC(C)CC(=O)N1CCC(C(=O)NCc2cccnc2)CC1. The Morgan fingerprint density at radius 3 is 2.68 bits per heavy atom. The Bertz CT molecular complexity index is 494. The number of likely N-dealkylation sites (tertiary alicyclic amines) is 1. The van der Waals surface area contributed by atoms with E-state index >= 15 is 0 Å². The molecule has 1 aliphatic rings. The third-order valence-electron chi connectivity index (χ3n) is 3.99. The van der Waals surface area contributed by atoms with E-state index in [0.717, 1.165) is 18.4 Å². The molecular weight excluding hydrogens is 278 g/mol. The van der Waals surface area contributed by atoms with Crippen LogP contribution in [0, 0.1) is 11.8 Å². The second kappa shape index (κ2) is 7.92. The summed E-state index contributed by atoms with van der Waals surface area (Å²) >= 11 is 0. The first-order valence-corrected chi connectivity index (χ1v) is 8.00. The number of pyridine rings is 1. The van der Waals surface area contributed by atoms with E-state index in [2.05, 4.69) is 24.1 Å². The Morgan fingerprint density at radius 1 is 1.36 bits per heavy atom. The van der Waals surface area contributed by atoms with Gasteiger partial charge in [-0.25, -0.2) is 0 Å². The van der Waals surface area contributed by atoms with Crippen molar-refractivity contribution in [1.82, 2.24) is 15.2 Å². The Morgan fingerprint density at radius 2 is 2.09 bits per heavy atom. The van der Waals surface area contributed by atoms with Gasteiger partial charge in [0.05, 0.1) is 0 Å². The van der Waals surface area contributed by atoms with E-state index in [1.807, 2.05) is 17.0 Å². The average Bonchev–Trinajstić information content (AvgIpc) is 2.53. The van der Waals surface area contributed by atoms with Gasteiger partial charge in [0.1, 0.15) is 0 Å². The zero-order chi connectivity index (χ0) is 15.9. The predicted octanol–water partition coefficient (Wildman–Crippen LogP) is 1.98. The molecule has 0 aliphatic carbocycles. The van der Waals surface area contributed by atoms with E-state index in [4.69, 9.17) is 0 Å². The van der Waals surface area contributed by atoms with Gasteiger partial charge >= 0.3 is 0 Å². The van der Waals surface area contributed by atoms with Crippen molar-refractivity contribution in [2.45, 2.75) is 39.7 Å². The largest absolute Gasteiger partial charge is 0.352 e. The van der Waals surface area contributed by atoms with Gasteiger partial charge in [-0.3, -0.25) is 14.6 Å². The molecule has 2 amide bonds. The van der Waals surface area contributed by atoms with Crippen LogP contribution in [0.2, 0.25) is 0 Å². The van der Waals surface area contributed by atoms with Gasteiger partial charge in [-0.15, -0.1) is 0 Å². The Hall–Kier alpha value is -1.91. The number of aromatic nitrogens is 1. The monoisotopic (exact) mass is 303 g/mol. The summed E-state index contributed by atoms with van der Waals surface area (Å²) < 4.78 is 0. The molecule has 2 heterocycles. The topological polar surface area (TPSA) is 62.3 Å². The van der Waals surface area contributed by atoms with Crippen molar-refractivity contribution in [2.24, 2.45) is 11.8 Å². The van der Waals surface area contributed by atoms with Crippen LogP contribution in [0.5, 0.6) is 0 Å². The van der Waals surface area contributed by atoms with Crippen LogP contribution < -0.4 is 5.32 Å². The number of amides is 2. The predicted molar refractivity (Wildman–Crippen MR) is 84.8 cm³/mol. The lowest BCUT2D eigenvalue weighted by atomic mass is 9.95. The molecule has 5 heteroatoms. The number of hydrogen-bond acceptors (Lipinski definition) is 3. The van der Waals surface area contributed by atoms with E-state index in [0.29, 0.717) is 32.0 Å². The highest BCUT2D eigenvalue weighted by Gasteiger charge is 2.27. The van der Waals surface area contributed by atoms with E-state index in [-0.39, 0.29) is 17.7 Å². The van der Waals surface area contributed by atoms with Gasteiger partial charge in [0, 0.05) is 44.4 Å². The van der Waals surface area contributed by atoms with Crippen molar-refractivity contribution >= 4 is 11.8 Å². The van der Waals surface area contributed by atoms with Crippen LogP contribution in [-0.2, 0) is 16.1 Å². The quantitative estimate of drug-likeness (QED) is 0.905. The van der Waals surface area contributed by atoms with E-state index in [1.165, 1.54) is 0 Å². The lowest BCUT2D eigenvalue weighted by Gasteiger charge is -2.31. The van der Waals surface area contributed by atoms with E-state index < -0.39 is 0 Å². The fourth-order valence-corrected chi connectivity index (χ4v) is 2.71. The van der Waals surface area contributed by atoms with Crippen LogP contribution >= 0.6 is 0 Å². The van der Waals surface area contributed by atoms with Gasteiger partial charge in [0.15, 0.2) is 0 Å². The minimum atomic E-state index is 0.0137. The molecule has 0 radical (unpaired) electrons. The molecule has 0 spiro atoms. The van der Waals surface area contributed by atoms with E-state index in [1.54, 1.807) is 12.4 Å². The summed E-state index contributed by atoms with van der Waals surface area (Å²) in [6.45, 7) is 6.00. The zero-order valence-corrected chi connectivity index (χ0v) is 13.4. The lowest BCUT2D eigenvalue weighted by molar-refractivity contribution is -0.136. The smallest absolute Gasteiger partial charge is 0.223 e. The minimum absolute atomic E-state index is 0.0137. The number of hydrogen-bond donors (Lipinski definition) is 1. The molecule has 1 saturated heterocycles. The molecule has 0 saturated carbocycles. The first-order chi connectivity index (χ1) is 10.6. The molecule has 0 aromatic carbocycles. The number of carbonyl (C=O) groups is 2. The molecule has 0 unspecified atom stereocenters. The maximum Gasteiger partial charge on any atom is 0.223 e. The fourth-order valence-electron chi connectivity index (χ4n) is 2.71. The molecule has 120 valence electrons. The maximum absolute atomic E-state index is 12.2. The first-order valence-electron chi connectivity index (χ1n) is 8.00. The number of piperidine rings is 1. The van der Waals surface area contributed by atoms with Gasteiger partial charge in [-0.05, 0) is 30.4 Å². The van der Waals surface area contributed by atoms with Crippen LogP contribution in [0.3, 0.4) is 0 Å². The fraction of sp³-hybridized carbons (Fsp3) is 0.588. The molecule has 0 bridgehead atoms. The van der Waals surface area contributed by atoms with Crippen molar-refractivity contribution in [3.63, 3.8) is 0 Å². The van der Waals surface area contributed by atoms with Crippen LogP contribution in [0.25, 0.3) is 0 Å². The van der Waals surface area contributed by atoms with Crippen molar-refractivity contribution < 1.29 is 9.59 Å². The van der Waals surface area contributed by atoms with Gasteiger partial charge < -0.3 is 10.2 Å². The first kappa shape index (κ1) is 16.5. The molecule has 5 nitrogen and oxygen atoms in total. The van der Waals surface area contributed by atoms with Gasteiger partial charge in [0.25, 0.3) is 0 Å². The highest BCUT2D eigenvalue weighted by atomic mass is 16.2. The van der Waals surface area contributed by atoms with Gasteiger partial charge in [0.2, 0.25) is 11.8 Å². The molecule has 1 fully saturated rings. The van der Waals surface area contributed by atoms with Crippen LogP contribution in [-0.4, -0.2) is 34.8 Å². The molecule has 0 atom stereocenters. The average molecular weight is 303 g/mol. The Balaban J connectivity index is 1.74. The number of carbonyl (C=O) groups excluding carboxylic acids is 2. The summed E-state index contributed by atoms with van der Waals surface area (Å²) in [5.41, 5.74) is 1.00. The summed E-state index contributed by atoms with van der Waals surface area (Å²) in [4.78, 5) is 30.1. The molecule has 2 rings (SSSR count). The maximum atomic E-state index is 12.2. The lowest BCUT2D eigenvalue weighted by Crippen LogP contribution is -2.43. The second-order valence-corrected chi connectivity index (χ2v) is 6.33. The van der Waals surface area contributed by atoms with Gasteiger partial charge in [-0.2, -0.15) is 0 Å². The normalized spacial score (nSPS) is 15.9. The minimum Gasteiger partial charge on any atom is -0.352 e. The summed E-state index contributed by atoms with van der Waals surface area (Å²) in [6.07, 6.45) is 5.58. The number of nitrogens with zero attached hydrogens (tertiary/aromatic N) is 2. The molecule has 1 aliphatic heterocycles. The summed E-state index contributed by atoms with van der Waals surface area (Å²) in [7, 11) is 0. The molecule has 22 heavy (non-hydrogen) atoms. The summed E-state index contributed by atoms with van der Waals surface area (Å²) in [6, 6.07) is 3.81. The number of rotatable bonds is 5. The van der Waals surface area contributed by atoms with Gasteiger partial charge in [-0.1, -0.05) is 19.9 Å². The van der Waals surface area contributed by atoms with Crippen LogP contribution in [0.15, 0.2) is 24.5 Å². The van der Waals surface area contributed by atoms with E-state index in [9.17, 15) is 9.59 Å².